The third-order valence-corrected chi connectivity index (χ3v) is 3.31. The predicted molar refractivity (Wildman–Crippen MR) is 72.7 cm³/mol. The average Bonchev–Trinajstić information content (AvgIpc) is 2.87. The number of aliphatic hydroxyl groups excluding tert-OH is 1. The van der Waals surface area contributed by atoms with Crippen molar-refractivity contribution in [2.24, 2.45) is 0 Å². The number of alkyl halides is 3. The van der Waals surface area contributed by atoms with Crippen LogP contribution < -0.4 is 0 Å². The first-order chi connectivity index (χ1) is 9.77. The minimum Gasteiger partial charge on any atom is -0.386 e. The van der Waals surface area contributed by atoms with Gasteiger partial charge in [0, 0.05) is 6.20 Å². The van der Waals surface area contributed by atoms with Crippen molar-refractivity contribution in [2.45, 2.75) is 38.6 Å². The summed E-state index contributed by atoms with van der Waals surface area (Å²) in [6.45, 7) is 4.11. The molecule has 1 atom stereocenters. The van der Waals surface area contributed by atoms with Crippen molar-refractivity contribution >= 4 is 0 Å². The molecule has 1 unspecified atom stereocenters. The molecule has 6 heteroatoms. The van der Waals surface area contributed by atoms with Gasteiger partial charge in [-0.3, -0.25) is 4.68 Å². The second-order valence-corrected chi connectivity index (χ2v) is 5.29. The standard InChI is InChI=1S/C15H17F3N2O/c1-10(2)11-3-5-12(6-4-11)14(21)9-20-8-13(7-19-20)15(16,17)18/h3-8,10,14,21H,9H2,1-2H3. The lowest BCUT2D eigenvalue weighted by molar-refractivity contribution is -0.137. The van der Waals surface area contributed by atoms with Gasteiger partial charge in [-0.1, -0.05) is 38.1 Å². The molecule has 1 N–H and O–H groups in total. The van der Waals surface area contributed by atoms with Crippen LogP contribution in [-0.4, -0.2) is 14.9 Å². The Morgan fingerprint density at radius 1 is 1.14 bits per heavy atom. The zero-order valence-electron chi connectivity index (χ0n) is 11.8. The zero-order chi connectivity index (χ0) is 15.6. The average molecular weight is 298 g/mol. The minimum absolute atomic E-state index is 0.0168. The molecule has 1 aromatic heterocycles. The molecule has 0 fully saturated rings. The van der Waals surface area contributed by atoms with Crippen LogP contribution in [0.3, 0.4) is 0 Å². The summed E-state index contributed by atoms with van der Waals surface area (Å²) in [6.07, 6.45) is -3.66. The fraction of sp³-hybridized carbons (Fsp3) is 0.400. The molecule has 0 spiro atoms. The van der Waals surface area contributed by atoms with Gasteiger partial charge in [0.1, 0.15) is 0 Å². The molecule has 0 radical (unpaired) electrons. The summed E-state index contributed by atoms with van der Waals surface area (Å²) >= 11 is 0. The summed E-state index contributed by atoms with van der Waals surface area (Å²) in [6, 6.07) is 7.39. The number of benzene rings is 1. The lowest BCUT2D eigenvalue weighted by Gasteiger charge is -2.13. The van der Waals surface area contributed by atoms with E-state index in [1.165, 1.54) is 0 Å². The molecule has 0 saturated carbocycles. The summed E-state index contributed by atoms with van der Waals surface area (Å²) < 4.78 is 38.5. The smallest absolute Gasteiger partial charge is 0.386 e. The molecule has 0 saturated heterocycles. The topological polar surface area (TPSA) is 38.0 Å². The molecule has 0 aliphatic carbocycles. The van der Waals surface area contributed by atoms with Crippen LogP contribution in [0.1, 0.15) is 42.6 Å². The summed E-state index contributed by atoms with van der Waals surface area (Å²) in [4.78, 5) is 0. The first kappa shape index (κ1) is 15.6. The molecule has 0 amide bonds. The van der Waals surface area contributed by atoms with Crippen molar-refractivity contribution < 1.29 is 18.3 Å². The van der Waals surface area contributed by atoms with E-state index < -0.39 is 17.8 Å². The van der Waals surface area contributed by atoms with Gasteiger partial charge in [-0.25, -0.2) is 0 Å². The molecule has 2 rings (SSSR count). The lowest BCUT2D eigenvalue weighted by Crippen LogP contribution is -2.09. The SMILES string of the molecule is CC(C)c1ccc(C(O)Cn2cc(C(F)(F)F)cn2)cc1. The Morgan fingerprint density at radius 3 is 2.19 bits per heavy atom. The summed E-state index contributed by atoms with van der Waals surface area (Å²) in [7, 11) is 0. The van der Waals surface area contributed by atoms with E-state index in [2.05, 4.69) is 18.9 Å². The molecule has 1 heterocycles. The Labute approximate surface area is 121 Å². The van der Waals surface area contributed by atoms with Crippen LogP contribution in [0, 0.1) is 0 Å². The lowest BCUT2D eigenvalue weighted by atomic mass is 10.00. The van der Waals surface area contributed by atoms with E-state index in [0.717, 1.165) is 22.6 Å². The van der Waals surface area contributed by atoms with Crippen molar-refractivity contribution in [3.05, 3.63) is 53.3 Å². The molecule has 2 aromatic rings. The largest absolute Gasteiger partial charge is 0.419 e. The third kappa shape index (κ3) is 3.85. The van der Waals surface area contributed by atoms with E-state index in [1.807, 2.05) is 12.1 Å². The van der Waals surface area contributed by atoms with Crippen molar-refractivity contribution in [3.63, 3.8) is 0 Å². The molecule has 0 aliphatic rings. The van der Waals surface area contributed by atoms with Crippen molar-refractivity contribution in [1.29, 1.82) is 0 Å². The Balaban J connectivity index is 2.07. The van der Waals surface area contributed by atoms with Gasteiger partial charge in [-0.05, 0) is 17.0 Å². The number of hydrogen-bond acceptors (Lipinski definition) is 2. The highest BCUT2D eigenvalue weighted by atomic mass is 19.4. The molecule has 0 aliphatic heterocycles. The van der Waals surface area contributed by atoms with Crippen LogP contribution in [0.25, 0.3) is 0 Å². The van der Waals surface area contributed by atoms with Crippen LogP contribution in [-0.2, 0) is 12.7 Å². The molecular weight excluding hydrogens is 281 g/mol. The molecule has 21 heavy (non-hydrogen) atoms. The predicted octanol–water partition coefficient (Wildman–Crippen LogP) is 3.76. The Hall–Kier alpha value is -1.82. The minimum atomic E-state index is -4.41. The number of aliphatic hydroxyl groups is 1. The highest BCUT2D eigenvalue weighted by Gasteiger charge is 2.32. The summed E-state index contributed by atoms with van der Waals surface area (Å²) in [5, 5.41) is 13.7. The normalized spacial score (nSPS) is 13.7. The maximum Gasteiger partial charge on any atom is 0.419 e. The maximum atomic E-state index is 12.5. The quantitative estimate of drug-likeness (QED) is 0.933. The number of rotatable bonds is 4. The number of halogens is 3. The first-order valence-electron chi connectivity index (χ1n) is 6.65. The molecular formula is C15H17F3N2O. The molecule has 1 aromatic carbocycles. The van der Waals surface area contributed by atoms with Gasteiger partial charge >= 0.3 is 6.18 Å². The monoisotopic (exact) mass is 298 g/mol. The van der Waals surface area contributed by atoms with Crippen LogP contribution in [0.2, 0.25) is 0 Å². The maximum absolute atomic E-state index is 12.5. The van der Waals surface area contributed by atoms with Gasteiger partial charge in [0.25, 0.3) is 0 Å². The highest BCUT2D eigenvalue weighted by molar-refractivity contribution is 5.26. The summed E-state index contributed by atoms with van der Waals surface area (Å²) in [5.41, 5.74) is 0.984. The summed E-state index contributed by atoms with van der Waals surface area (Å²) in [5.74, 6) is 0.386. The van der Waals surface area contributed by atoms with Gasteiger partial charge in [0.15, 0.2) is 0 Å². The third-order valence-electron chi connectivity index (χ3n) is 3.31. The van der Waals surface area contributed by atoms with E-state index >= 15 is 0 Å². The van der Waals surface area contributed by atoms with Crippen LogP contribution in [0.15, 0.2) is 36.7 Å². The molecule has 3 nitrogen and oxygen atoms in total. The molecule has 0 bridgehead atoms. The first-order valence-corrected chi connectivity index (χ1v) is 6.65. The fourth-order valence-electron chi connectivity index (χ4n) is 2.00. The van der Waals surface area contributed by atoms with Gasteiger partial charge in [0.05, 0.1) is 24.4 Å². The zero-order valence-corrected chi connectivity index (χ0v) is 11.8. The Kier molecular flexibility index (Phi) is 4.37. The van der Waals surface area contributed by atoms with Crippen molar-refractivity contribution in [3.8, 4) is 0 Å². The number of aromatic nitrogens is 2. The van der Waals surface area contributed by atoms with E-state index in [1.54, 1.807) is 12.1 Å². The van der Waals surface area contributed by atoms with Crippen LogP contribution in [0.4, 0.5) is 13.2 Å². The van der Waals surface area contributed by atoms with E-state index in [9.17, 15) is 18.3 Å². The Morgan fingerprint density at radius 2 is 1.71 bits per heavy atom. The van der Waals surface area contributed by atoms with E-state index in [4.69, 9.17) is 0 Å². The van der Waals surface area contributed by atoms with Crippen molar-refractivity contribution in [1.82, 2.24) is 9.78 Å². The number of nitrogens with zero attached hydrogens (tertiary/aromatic N) is 2. The second-order valence-electron chi connectivity index (χ2n) is 5.29. The van der Waals surface area contributed by atoms with Gasteiger partial charge in [-0.2, -0.15) is 18.3 Å². The Bertz CT molecular complexity index is 588. The van der Waals surface area contributed by atoms with E-state index in [-0.39, 0.29) is 6.54 Å². The fourth-order valence-corrected chi connectivity index (χ4v) is 2.00. The van der Waals surface area contributed by atoms with Crippen LogP contribution in [0.5, 0.6) is 0 Å². The van der Waals surface area contributed by atoms with Gasteiger partial charge in [0.2, 0.25) is 0 Å². The van der Waals surface area contributed by atoms with E-state index in [0.29, 0.717) is 11.5 Å². The second kappa shape index (κ2) is 5.89. The van der Waals surface area contributed by atoms with Gasteiger partial charge < -0.3 is 5.11 Å². The number of hydrogen-bond donors (Lipinski definition) is 1. The highest BCUT2D eigenvalue weighted by Crippen LogP contribution is 2.29. The van der Waals surface area contributed by atoms with Crippen LogP contribution >= 0.6 is 0 Å². The van der Waals surface area contributed by atoms with Gasteiger partial charge in [-0.15, -0.1) is 0 Å². The van der Waals surface area contributed by atoms with Crippen molar-refractivity contribution in [2.75, 3.05) is 0 Å². The molecule has 114 valence electrons.